The molecule has 0 N–H and O–H groups in total. The summed E-state index contributed by atoms with van der Waals surface area (Å²) in [5.74, 6) is -0.456. The van der Waals surface area contributed by atoms with E-state index in [9.17, 15) is 9.59 Å². The second-order valence-corrected chi connectivity index (χ2v) is 6.81. The second kappa shape index (κ2) is 10.3. The Morgan fingerprint density at radius 3 is 1.59 bits per heavy atom. The number of rotatable bonds is 9. The van der Waals surface area contributed by atoms with Crippen LogP contribution >= 0.6 is 0 Å². The van der Waals surface area contributed by atoms with Crippen LogP contribution in [0.25, 0.3) is 11.1 Å². The van der Waals surface area contributed by atoms with Gasteiger partial charge in [-0.1, -0.05) is 49.6 Å². The van der Waals surface area contributed by atoms with Crippen LogP contribution in [0.15, 0.2) is 72.8 Å². The van der Waals surface area contributed by atoms with Crippen molar-refractivity contribution in [1.82, 2.24) is 0 Å². The number of benzene rings is 2. The van der Waals surface area contributed by atoms with Crippen LogP contribution < -0.4 is 4.74 Å². The Morgan fingerprint density at radius 1 is 0.793 bits per heavy atom. The van der Waals surface area contributed by atoms with Gasteiger partial charge in [0.15, 0.2) is 0 Å². The molecule has 0 radical (unpaired) electrons. The molecule has 0 unspecified atom stereocenters. The molecule has 0 amide bonds. The first kappa shape index (κ1) is 22.0. The molecular formula is C24H26O5. The van der Waals surface area contributed by atoms with E-state index in [1.807, 2.05) is 48.5 Å². The summed E-state index contributed by atoms with van der Waals surface area (Å²) in [6, 6.07) is 15.6. The van der Waals surface area contributed by atoms with Crippen molar-refractivity contribution in [3.8, 4) is 16.9 Å². The third-order valence-electron chi connectivity index (χ3n) is 4.33. The van der Waals surface area contributed by atoms with E-state index >= 15 is 0 Å². The Kier molecular flexibility index (Phi) is 7.78. The number of carbonyl (C=O) groups is 2. The third-order valence-corrected chi connectivity index (χ3v) is 4.33. The van der Waals surface area contributed by atoms with E-state index in [4.69, 9.17) is 14.2 Å². The van der Waals surface area contributed by atoms with E-state index in [1.54, 1.807) is 21.0 Å². The number of carbonyl (C=O) groups excluding carboxylic acids is 2. The molecule has 29 heavy (non-hydrogen) atoms. The van der Waals surface area contributed by atoms with Gasteiger partial charge in [0.25, 0.3) is 0 Å². The molecule has 0 aromatic heterocycles. The van der Waals surface area contributed by atoms with Gasteiger partial charge in [-0.3, -0.25) is 0 Å². The molecule has 0 atom stereocenters. The summed E-state index contributed by atoms with van der Waals surface area (Å²) in [6.07, 6.45) is 0. The first-order valence-corrected chi connectivity index (χ1v) is 9.21. The lowest BCUT2D eigenvalue weighted by Crippen LogP contribution is -2.20. The Labute approximate surface area is 171 Å². The average molecular weight is 394 g/mol. The van der Waals surface area contributed by atoms with Crippen LogP contribution in [0, 0.1) is 0 Å². The minimum Gasteiger partial charge on any atom is -0.497 e. The molecule has 5 heteroatoms. The first-order valence-electron chi connectivity index (χ1n) is 9.21. The van der Waals surface area contributed by atoms with Gasteiger partial charge in [-0.15, -0.1) is 0 Å². The van der Waals surface area contributed by atoms with Crippen molar-refractivity contribution in [2.45, 2.75) is 19.8 Å². The Morgan fingerprint density at radius 2 is 1.21 bits per heavy atom. The Hall–Kier alpha value is -3.34. The van der Waals surface area contributed by atoms with Crippen LogP contribution in [0.5, 0.6) is 5.75 Å². The molecule has 0 heterocycles. The summed E-state index contributed by atoms with van der Waals surface area (Å²) >= 11 is 0. The van der Waals surface area contributed by atoms with Crippen molar-refractivity contribution in [1.29, 1.82) is 0 Å². The number of ether oxygens (including phenoxy) is 3. The molecule has 2 rings (SSSR count). The quantitative estimate of drug-likeness (QED) is 0.456. The molecule has 0 spiro atoms. The van der Waals surface area contributed by atoms with Crippen molar-refractivity contribution in [3.05, 3.63) is 78.4 Å². The van der Waals surface area contributed by atoms with Crippen LogP contribution in [0.2, 0.25) is 0 Å². The predicted octanol–water partition coefficient (Wildman–Crippen LogP) is 4.68. The van der Waals surface area contributed by atoms with E-state index in [1.165, 1.54) is 0 Å². The Bertz CT molecular complexity index is 848. The van der Waals surface area contributed by atoms with E-state index in [0.717, 1.165) is 22.4 Å². The van der Waals surface area contributed by atoms with Gasteiger partial charge in [-0.05, 0) is 42.7 Å². The normalized spacial score (nSPS) is 10.3. The van der Waals surface area contributed by atoms with Crippen molar-refractivity contribution in [3.63, 3.8) is 0 Å². The van der Waals surface area contributed by atoms with Crippen molar-refractivity contribution in [2.75, 3.05) is 20.3 Å². The summed E-state index contributed by atoms with van der Waals surface area (Å²) < 4.78 is 15.8. The molecule has 0 aliphatic heterocycles. The van der Waals surface area contributed by atoms with Crippen LogP contribution in [0.4, 0.5) is 0 Å². The number of hydrogen-bond donors (Lipinski definition) is 0. The second-order valence-electron chi connectivity index (χ2n) is 6.81. The molecule has 0 aliphatic carbocycles. The van der Waals surface area contributed by atoms with Crippen LogP contribution in [-0.2, 0) is 19.1 Å². The summed E-state index contributed by atoms with van der Waals surface area (Å²) in [5.41, 5.74) is 3.62. The summed E-state index contributed by atoms with van der Waals surface area (Å²) in [7, 11) is 1.63. The predicted molar refractivity (Wildman–Crippen MR) is 113 cm³/mol. The summed E-state index contributed by atoms with van der Waals surface area (Å²) in [5, 5.41) is 0. The molecule has 0 saturated heterocycles. The molecule has 5 nitrogen and oxygen atoms in total. The lowest BCUT2D eigenvalue weighted by atomic mass is 9.97. The summed E-state index contributed by atoms with van der Waals surface area (Å²) in [6.45, 7) is 10.5. The molecule has 0 saturated carbocycles. The van der Waals surface area contributed by atoms with E-state index < -0.39 is 11.9 Å². The minimum atomic E-state index is -0.476. The lowest BCUT2D eigenvalue weighted by molar-refractivity contribution is -0.142. The fourth-order valence-electron chi connectivity index (χ4n) is 2.57. The van der Waals surface area contributed by atoms with E-state index in [2.05, 4.69) is 13.2 Å². The highest BCUT2D eigenvalue weighted by molar-refractivity contribution is 5.87. The standard InChI is InChI=1S/C24H26O5/c1-16(2)23(25)28-14-21(15-29-24(26)17(3)4)20-8-6-18(7-9-20)19-10-12-22(27-5)13-11-19/h6-13,21H,1,3,14-15H2,2,4-5H3. The highest BCUT2D eigenvalue weighted by Crippen LogP contribution is 2.25. The number of esters is 2. The van der Waals surface area contributed by atoms with Crippen LogP contribution in [-0.4, -0.2) is 32.3 Å². The molecule has 2 aromatic rings. The van der Waals surface area contributed by atoms with Gasteiger partial charge in [0, 0.05) is 11.1 Å². The maximum Gasteiger partial charge on any atom is 0.333 e. The van der Waals surface area contributed by atoms with Gasteiger partial charge in [0.05, 0.1) is 13.0 Å². The van der Waals surface area contributed by atoms with Gasteiger partial charge in [-0.25, -0.2) is 9.59 Å². The zero-order valence-corrected chi connectivity index (χ0v) is 17.1. The highest BCUT2D eigenvalue weighted by Gasteiger charge is 2.18. The smallest absolute Gasteiger partial charge is 0.333 e. The van der Waals surface area contributed by atoms with Gasteiger partial charge >= 0.3 is 11.9 Å². The number of methoxy groups -OCH3 is 1. The van der Waals surface area contributed by atoms with Crippen molar-refractivity contribution >= 4 is 11.9 Å². The largest absolute Gasteiger partial charge is 0.497 e. The van der Waals surface area contributed by atoms with Crippen molar-refractivity contribution < 1.29 is 23.8 Å². The molecule has 152 valence electrons. The van der Waals surface area contributed by atoms with E-state index in [-0.39, 0.29) is 19.1 Å². The monoisotopic (exact) mass is 394 g/mol. The highest BCUT2D eigenvalue weighted by atomic mass is 16.5. The van der Waals surface area contributed by atoms with Crippen LogP contribution in [0.3, 0.4) is 0 Å². The molecule has 0 bridgehead atoms. The van der Waals surface area contributed by atoms with Crippen molar-refractivity contribution in [2.24, 2.45) is 0 Å². The third kappa shape index (κ3) is 6.35. The fraction of sp³-hybridized carbons (Fsp3) is 0.250. The maximum atomic E-state index is 11.8. The zero-order valence-electron chi connectivity index (χ0n) is 17.1. The molecule has 0 aliphatic rings. The Balaban J connectivity index is 2.16. The maximum absolute atomic E-state index is 11.8. The first-order chi connectivity index (χ1) is 13.8. The minimum absolute atomic E-state index is 0.0804. The lowest BCUT2D eigenvalue weighted by Gasteiger charge is -2.18. The number of hydrogen-bond acceptors (Lipinski definition) is 5. The van der Waals surface area contributed by atoms with E-state index in [0.29, 0.717) is 11.1 Å². The fourth-order valence-corrected chi connectivity index (χ4v) is 2.57. The SMILES string of the molecule is C=C(C)C(=O)OCC(COC(=O)C(=C)C)c1ccc(-c2ccc(OC)cc2)cc1. The van der Waals surface area contributed by atoms with Gasteiger partial charge in [0.2, 0.25) is 0 Å². The van der Waals surface area contributed by atoms with Crippen LogP contribution in [0.1, 0.15) is 25.3 Å². The average Bonchev–Trinajstić information content (AvgIpc) is 2.73. The molecule has 2 aromatic carbocycles. The van der Waals surface area contributed by atoms with Gasteiger partial charge < -0.3 is 14.2 Å². The zero-order chi connectivity index (χ0) is 21.4. The van der Waals surface area contributed by atoms with Gasteiger partial charge in [-0.2, -0.15) is 0 Å². The molecule has 0 fully saturated rings. The summed E-state index contributed by atoms with van der Waals surface area (Å²) in [4.78, 5) is 23.5. The molecular weight excluding hydrogens is 368 g/mol. The van der Waals surface area contributed by atoms with Gasteiger partial charge in [0.1, 0.15) is 19.0 Å². The topological polar surface area (TPSA) is 61.8 Å².